The molecule has 0 saturated carbocycles. The summed E-state index contributed by atoms with van der Waals surface area (Å²) in [5, 5.41) is 10.7. The number of benzene rings is 1. The first kappa shape index (κ1) is 16.6. The number of primary amides is 1. The third-order valence-electron chi connectivity index (χ3n) is 3.11. The van der Waals surface area contributed by atoms with Crippen molar-refractivity contribution >= 4 is 29.1 Å². The number of hydrogen-bond acceptors (Lipinski definition) is 4. The van der Waals surface area contributed by atoms with E-state index < -0.39 is 18.1 Å². The Morgan fingerprint density at radius 3 is 2.73 bits per heavy atom. The Hall–Kier alpha value is -1.76. The number of ether oxygens (including phenoxy) is 1. The van der Waals surface area contributed by atoms with Crippen LogP contribution in [-0.2, 0) is 0 Å². The zero-order valence-electron chi connectivity index (χ0n) is 11.7. The molecule has 0 aliphatic carbocycles. The molecule has 8 heteroatoms. The second kappa shape index (κ2) is 7.00. The molecule has 1 aromatic carbocycles. The fraction of sp³-hybridized carbons (Fsp3) is 0.286. The molecule has 1 amide bonds. The van der Waals surface area contributed by atoms with Crippen molar-refractivity contribution in [3.05, 3.63) is 46.5 Å². The molecule has 2 aromatic rings. The van der Waals surface area contributed by atoms with E-state index in [4.69, 9.17) is 33.7 Å². The van der Waals surface area contributed by atoms with Crippen molar-refractivity contribution in [1.29, 1.82) is 0 Å². The number of aliphatic hydroxyl groups is 1. The number of halogens is 2. The van der Waals surface area contributed by atoms with Gasteiger partial charge in [0, 0.05) is 12.3 Å². The number of imidazole rings is 1. The number of aromatic nitrogens is 2. The summed E-state index contributed by atoms with van der Waals surface area (Å²) < 4.78 is 7.21. The molecule has 22 heavy (non-hydrogen) atoms. The van der Waals surface area contributed by atoms with E-state index in [-0.39, 0.29) is 12.3 Å². The molecule has 2 atom stereocenters. The van der Waals surface area contributed by atoms with Crippen LogP contribution in [0.4, 0.5) is 0 Å². The van der Waals surface area contributed by atoms with Gasteiger partial charge in [-0.25, -0.2) is 4.98 Å². The smallest absolute Gasteiger partial charge is 0.268 e. The van der Waals surface area contributed by atoms with Crippen LogP contribution in [0.1, 0.15) is 23.5 Å². The first-order valence-corrected chi connectivity index (χ1v) is 7.23. The second-order valence-corrected chi connectivity index (χ2v) is 5.58. The number of carbonyl (C=O) groups is 1. The molecule has 6 nitrogen and oxygen atoms in total. The minimum absolute atomic E-state index is 0.125. The van der Waals surface area contributed by atoms with Gasteiger partial charge in [-0.15, -0.1) is 0 Å². The lowest BCUT2D eigenvalue weighted by molar-refractivity contribution is 0.0936. The largest absolute Gasteiger partial charge is 0.491 e. The average Bonchev–Trinajstić information content (AvgIpc) is 2.92. The maximum Gasteiger partial charge on any atom is 0.268 e. The number of amides is 1. The zero-order valence-corrected chi connectivity index (χ0v) is 13.3. The molecule has 3 N–H and O–H groups in total. The number of aliphatic hydroxyl groups excluding tert-OH is 1. The summed E-state index contributed by atoms with van der Waals surface area (Å²) in [7, 11) is 0. The van der Waals surface area contributed by atoms with E-state index in [0.29, 0.717) is 15.8 Å². The van der Waals surface area contributed by atoms with Crippen molar-refractivity contribution in [2.75, 3.05) is 6.61 Å². The van der Waals surface area contributed by atoms with E-state index in [9.17, 15) is 9.90 Å². The highest BCUT2D eigenvalue weighted by molar-refractivity contribution is 6.42. The summed E-state index contributed by atoms with van der Waals surface area (Å²) in [6, 6.07) is 4.45. The molecule has 2 rings (SSSR count). The summed E-state index contributed by atoms with van der Waals surface area (Å²) in [4.78, 5) is 15.0. The van der Waals surface area contributed by atoms with Crippen molar-refractivity contribution in [2.24, 2.45) is 5.73 Å². The van der Waals surface area contributed by atoms with Crippen LogP contribution >= 0.6 is 23.2 Å². The molecule has 1 heterocycles. The summed E-state index contributed by atoms with van der Waals surface area (Å²) in [6.07, 6.45) is 2.17. The van der Waals surface area contributed by atoms with Crippen LogP contribution < -0.4 is 10.5 Å². The van der Waals surface area contributed by atoms with Crippen molar-refractivity contribution in [3.63, 3.8) is 0 Å². The fourth-order valence-corrected chi connectivity index (χ4v) is 2.16. The quantitative estimate of drug-likeness (QED) is 0.841. The van der Waals surface area contributed by atoms with Crippen LogP contribution in [0, 0.1) is 0 Å². The summed E-state index contributed by atoms with van der Waals surface area (Å²) in [5.41, 5.74) is 5.29. The molecule has 1 aromatic heterocycles. The highest BCUT2D eigenvalue weighted by atomic mass is 35.5. The molecule has 0 unspecified atom stereocenters. The van der Waals surface area contributed by atoms with Crippen LogP contribution in [0.25, 0.3) is 0 Å². The Bertz CT molecular complexity index is 673. The highest BCUT2D eigenvalue weighted by Gasteiger charge is 2.19. The van der Waals surface area contributed by atoms with Crippen molar-refractivity contribution < 1.29 is 14.6 Å². The second-order valence-electron chi connectivity index (χ2n) is 4.77. The first-order valence-electron chi connectivity index (χ1n) is 6.47. The number of nitrogens with two attached hydrogens (primary N) is 1. The Kier molecular flexibility index (Phi) is 5.28. The molecule has 0 aliphatic rings. The molecule has 0 saturated heterocycles. The van der Waals surface area contributed by atoms with Gasteiger partial charge in [0.2, 0.25) is 0 Å². The van der Waals surface area contributed by atoms with Crippen molar-refractivity contribution in [2.45, 2.75) is 19.1 Å². The molecular weight excluding hydrogens is 329 g/mol. The van der Waals surface area contributed by atoms with Gasteiger partial charge in [-0.1, -0.05) is 23.2 Å². The number of rotatable bonds is 6. The van der Waals surface area contributed by atoms with E-state index in [1.165, 1.54) is 12.5 Å². The Morgan fingerprint density at radius 1 is 1.45 bits per heavy atom. The van der Waals surface area contributed by atoms with Crippen molar-refractivity contribution in [1.82, 2.24) is 9.55 Å². The van der Waals surface area contributed by atoms with Gasteiger partial charge in [0.25, 0.3) is 5.91 Å². The van der Waals surface area contributed by atoms with E-state index >= 15 is 0 Å². The van der Waals surface area contributed by atoms with Gasteiger partial charge in [-0.3, -0.25) is 4.79 Å². The van der Waals surface area contributed by atoms with Gasteiger partial charge in [-0.2, -0.15) is 0 Å². The predicted octanol–water partition coefficient (Wildman–Crippen LogP) is 2.29. The molecule has 0 fully saturated rings. The lowest BCUT2D eigenvalue weighted by Crippen LogP contribution is -2.26. The van der Waals surface area contributed by atoms with E-state index in [2.05, 4.69) is 4.98 Å². The Labute approximate surface area is 137 Å². The third kappa shape index (κ3) is 3.91. The van der Waals surface area contributed by atoms with Gasteiger partial charge in [0.1, 0.15) is 18.1 Å². The molecule has 0 radical (unpaired) electrons. The predicted molar refractivity (Wildman–Crippen MR) is 83.4 cm³/mol. The van der Waals surface area contributed by atoms with Gasteiger partial charge in [0.15, 0.2) is 0 Å². The lowest BCUT2D eigenvalue weighted by Gasteiger charge is -2.21. The maximum atomic E-state index is 11.1. The summed E-state index contributed by atoms with van der Waals surface area (Å²) in [5.74, 6) is -0.108. The normalized spacial score (nSPS) is 13.6. The Morgan fingerprint density at radius 2 is 2.18 bits per heavy atom. The fourth-order valence-electron chi connectivity index (χ4n) is 1.87. The molecule has 0 bridgehead atoms. The van der Waals surface area contributed by atoms with Gasteiger partial charge >= 0.3 is 0 Å². The van der Waals surface area contributed by atoms with E-state index in [1.807, 2.05) is 0 Å². The SMILES string of the molecule is C[C@H](O)[C@@H](COc1ccc(Cl)c(Cl)c1)n1cnc(C(N)=O)c1. The van der Waals surface area contributed by atoms with Crippen molar-refractivity contribution in [3.8, 4) is 5.75 Å². The average molecular weight is 344 g/mol. The molecule has 118 valence electrons. The Balaban J connectivity index is 2.11. The van der Waals surface area contributed by atoms with Crippen LogP contribution in [0.5, 0.6) is 5.75 Å². The van der Waals surface area contributed by atoms with Gasteiger partial charge in [0.05, 0.1) is 28.5 Å². The van der Waals surface area contributed by atoms with Crippen LogP contribution in [0.3, 0.4) is 0 Å². The first-order chi connectivity index (χ1) is 10.4. The minimum atomic E-state index is -0.724. The molecular formula is C14H15Cl2N3O3. The summed E-state index contributed by atoms with van der Waals surface area (Å²) >= 11 is 11.8. The molecule has 0 aliphatic heterocycles. The maximum absolute atomic E-state index is 11.1. The topological polar surface area (TPSA) is 90.4 Å². The third-order valence-corrected chi connectivity index (χ3v) is 3.84. The number of hydrogen-bond donors (Lipinski definition) is 2. The van der Waals surface area contributed by atoms with Crippen LogP contribution in [0.15, 0.2) is 30.7 Å². The summed E-state index contributed by atoms with van der Waals surface area (Å²) in [6.45, 7) is 1.77. The lowest BCUT2D eigenvalue weighted by atomic mass is 10.2. The highest BCUT2D eigenvalue weighted by Crippen LogP contribution is 2.27. The minimum Gasteiger partial charge on any atom is -0.491 e. The number of nitrogens with zero attached hydrogens (tertiary/aromatic N) is 2. The standard InChI is InChI=1S/C14H15Cl2N3O3/c1-8(20)13(19-5-12(14(17)21)18-7-19)6-22-9-2-3-10(15)11(16)4-9/h2-5,7-8,13,20H,6H2,1H3,(H2,17,21)/t8-,13+/m0/s1. The van der Waals surface area contributed by atoms with Crippen LogP contribution in [0.2, 0.25) is 10.0 Å². The molecule has 0 spiro atoms. The zero-order chi connectivity index (χ0) is 16.3. The van der Waals surface area contributed by atoms with E-state index in [1.54, 1.807) is 29.7 Å². The van der Waals surface area contributed by atoms with E-state index in [0.717, 1.165) is 0 Å². The van der Waals surface area contributed by atoms with Gasteiger partial charge in [-0.05, 0) is 19.1 Å². The monoisotopic (exact) mass is 343 g/mol. The number of carbonyl (C=O) groups excluding carboxylic acids is 1. The van der Waals surface area contributed by atoms with Crippen LogP contribution in [-0.4, -0.2) is 33.3 Å². The van der Waals surface area contributed by atoms with Gasteiger partial charge < -0.3 is 20.1 Å².